The van der Waals surface area contributed by atoms with Crippen molar-refractivity contribution in [3.05, 3.63) is 54.4 Å². The summed E-state index contributed by atoms with van der Waals surface area (Å²) in [5.41, 5.74) is 7.91. The van der Waals surface area contributed by atoms with Crippen molar-refractivity contribution in [3.8, 4) is 5.75 Å². The molecular formula is C21H20N8O3. The minimum atomic E-state index is -0.701. The van der Waals surface area contributed by atoms with Gasteiger partial charge < -0.3 is 26.8 Å². The maximum Gasteiger partial charge on any atom is 0.254 e. The average molecular weight is 432 g/mol. The van der Waals surface area contributed by atoms with E-state index in [1.165, 1.54) is 25.3 Å². The van der Waals surface area contributed by atoms with Crippen molar-refractivity contribution in [2.75, 3.05) is 16.0 Å². The molecule has 2 aromatic heterocycles. The van der Waals surface area contributed by atoms with E-state index in [-0.39, 0.29) is 34.7 Å². The number of phenols is 1. The summed E-state index contributed by atoms with van der Waals surface area (Å²) in [6, 6.07) is 10.1. The van der Waals surface area contributed by atoms with Crippen molar-refractivity contribution >= 4 is 51.5 Å². The van der Waals surface area contributed by atoms with Crippen LogP contribution in [0.1, 0.15) is 17.3 Å². The van der Waals surface area contributed by atoms with Crippen LogP contribution in [0.15, 0.2) is 48.8 Å². The van der Waals surface area contributed by atoms with Crippen LogP contribution in [0.5, 0.6) is 5.75 Å². The smallest absolute Gasteiger partial charge is 0.254 e. The summed E-state index contributed by atoms with van der Waals surface area (Å²) in [7, 11) is 1.83. The van der Waals surface area contributed by atoms with Gasteiger partial charge in [-0.1, -0.05) is 6.07 Å². The Hall–Kier alpha value is -4.67. The number of aromatic hydroxyl groups is 1. The molecule has 0 radical (unpaired) electrons. The molecule has 0 aliphatic carbocycles. The SMILES string of the molecule is CC(=O)Nc1ccc(O)c(Nc2ncc(C(N)=O)c(Nc3cccc4c3cnn4C)n2)c1. The van der Waals surface area contributed by atoms with E-state index in [0.717, 1.165) is 10.9 Å². The summed E-state index contributed by atoms with van der Waals surface area (Å²) in [6.45, 7) is 1.38. The lowest BCUT2D eigenvalue weighted by molar-refractivity contribution is -0.114. The van der Waals surface area contributed by atoms with Crippen LogP contribution in [0, 0.1) is 0 Å². The number of anilines is 5. The summed E-state index contributed by atoms with van der Waals surface area (Å²) in [4.78, 5) is 31.7. The van der Waals surface area contributed by atoms with Gasteiger partial charge in [0.05, 0.1) is 23.1 Å². The fourth-order valence-electron chi connectivity index (χ4n) is 3.17. The number of aryl methyl sites for hydroxylation is 1. The van der Waals surface area contributed by atoms with Gasteiger partial charge >= 0.3 is 0 Å². The van der Waals surface area contributed by atoms with Gasteiger partial charge in [0.1, 0.15) is 17.1 Å². The Bertz CT molecular complexity index is 1350. The molecule has 4 aromatic rings. The highest BCUT2D eigenvalue weighted by molar-refractivity contribution is 6.00. The standard InChI is InChI=1S/C21H20N8O3/c1-11(30)25-12-6-7-18(31)16(8-12)27-21-23-9-14(19(22)32)20(28-21)26-15-4-3-5-17-13(15)10-24-29(17)2/h3-10,31H,1-2H3,(H2,22,32)(H,25,30)(H2,23,26,27,28). The van der Waals surface area contributed by atoms with Gasteiger partial charge in [-0.3, -0.25) is 14.3 Å². The van der Waals surface area contributed by atoms with Crippen LogP contribution in [0.2, 0.25) is 0 Å². The molecule has 0 saturated heterocycles. The number of carbonyl (C=O) groups is 2. The first-order chi connectivity index (χ1) is 15.3. The molecule has 6 N–H and O–H groups in total. The lowest BCUT2D eigenvalue weighted by Crippen LogP contribution is -2.16. The molecule has 2 aromatic carbocycles. The Morgan fingerprint density at radius 1 is 1.09 bits per heavy atom. The van der Waals surface area contributed by atoms with Crippen molar-refractivity contribution < 1.29 is 14.7 Å². The molecule has 32 heavy (non-hydrogen) atoms. The minimum absolute atomic E-state index is 0.0729. The minimum Gasteiger partial charge on any atom is -0.506 e. The largest absolute Gasteiger partial charge is 0.506 e. The Labute approximate surface area is 182 Å². The van der Waals surface area contributed by atoms with Crippen molar-refractivity contribution in [2.45, 2.75) is 6.92 Å². The number of carbonyl (C=O) groups excluding carboxylic acids is 2. The molecule has 0 atom stereocenters. The van der Waals surface area contributed by atoms with Crippen molar-refractivity contribution in [3.63, 3.8) is 0 Å². The number of nitrogens with one attached hydrogen (secondary N) is 3. The number of amides is 2. The fraction of sp³-hybridized carbons (Fsp3) is 0.0952. The molecular weight excluding hydrogens is 412 g/mol. The first-order valence-corrected chi connectivity index (χ1v) is 9.54. The molecule has 4 rings (SSSR count). The zero-order chi connectivity index (χ0) is 22.8. The first kappa shape index (κ1) is 20.6. The van der Waals surface area contributed by atoms with Gasteiger partial charge in [-0.25, -0.2) is 4.98 Å². The highest BCUT2D eigenvalue weighted by Crippen LogP contribution is 2.31. The van der Waals surface area contributed by atoms with E-state index < -0.39 is 5.91 Å². The molecule has 2 heterocycles. The van der Waals surface area contributed by atoms with Gasteiger partial charge in [0, 0.05) is 31.2 Å². The normalized spacial score (nSPS) is 10.7. The van der Waals surface area contributed by atoms with Crippen LogP contribution in [0.4, 0.5) is 28.8 Å². The van der Waals surface area contributed by atoms with Crippen molar-refractivity contribution in [2.24, 2.45) is 12.8 Å². The van der Waals surface area contributed by atoms with Gasteiger partial charge in [0.15, 0.2) is 0 Å². The van der Waals surface area contributed by atoms with E-state index in [0.29, 0.717) is 11.4 Å². The number of benzene rings is 2. The highest BCUT2D eigenvalue weighted by atomic mass is 16.3. The van der Waals surface area contributed by atoms with Crippen LogP contribution in [-0.4, -0.2) is 36.7 Å². The van der Waals surface area contributed by atoms with Gasteiger partial charge in [-0.2, -0.15) is 10.1 Å². The third-order valence-electron chi connectivity index (χ3n) is 4.66. The molecule has 11 nitrogen and oxygen atoms in total. The Morgan fingerprint density at radius 3 is 2.66 bits per heavy atom. The molecule has 0 fully saturated rings. The molecule has 2 amide bonds. The number of aromatic nitrogens is 4. The third kappa shape index (κ3) is 4.12. The number of fused-ring (bicyclic) bond motifs is 1. The number of primary amides is 1. The monoisotopic (exact) mass is 432 g/mol. The number of hydrogen-bond acceptors (Lipinski definition) is 8. The van der Waals surface area contributed by atoms with Crippen LogP contribution in [0.25, 0.3) is 10.9 Å². The molecule has 11 heteroatoms. The quantitative estimate of drug-likeness (QED) is 0.229. The molecule has 0 aliphatic heterocycles. The molecule has 0 bridgehead atoms. The second-order valence-corrected chi connectivity index (χ2v) is 6.99. The molecule has 0 spiro atoms. The van der Waals surface area contributed by atoms with Gasteiger partial charge in [-0.15, -0.1) is 0 Å². The predicted octanol–water partition coefficient (Wildman–Crippen LogP) is 2.61. The van der Waals surface area contributed by atoms with Crippen LogP contribution < -0.4 is 21.7 Å². The maximum absolute atomic E-state index is 11.9. The lowest BCUT2D eigenvalue weighted by Gasteiger charge is -2.13. The molecule has 0 aliphatic rings. The average Bonchev–Trinajstić information content (AvgIpc) is 3.12. The second-order valence-electron chi connectivity index (χ2n) is 6.99. The van der Waals surface area contributed by atoms with E-state index in [2.05, 4.69) is 31.0 Å². The van der Waals surface area contributed by atoms with E-state index in [9.17, 15) is 14.7 Å². The topological polar surface area (TPSA) is 160 Å². The number of hydrogen-bond donors (Lipinski definition) is 5. The van der Waals surface area contributed by atoms with Gasteiger partial charge in [-0.05, 0) is 30.3 Å². The molecule has 0 saturated carbocycles. The van der Waals surface area contributed by atoms with Crippen molar-refractivity contribution in [1.82, 2.24) is 19.7 Å². The Balaban J connectivity index is 1.70. The first-order valence-electron chi connectivity index (χ1n) is 9.54. The fourth-order valence-corrected chi connectivity index (χ4v) is 3.17. The van der Waals surface area contributed by atoms with Crippen LogP contribution in [-0.2, 0) is 11.8 Å². The Morgan fingerprint density at radius 2 is 1.91 bits per heavy atom. The van der Waals surface area contributed by atoms with Crippen molar-refractivity contribution in [1.29, 1.82) is 0 Å². The summed E-state index contributed by atoms with van der Waals surface area (Å²) in [6.07, 6.45) is 2.99. The third-order valence-corrected chi connectivity index (χ3v) is 4.66. The number of nitrogens with two attached hydrogens (primary N) is 1. The van der Waals surface area contributed by atoms with Crippen LogP contribution in [0.3, 0.4) is 0 Å². The summed E-state index contributed by atoms with van der Waals surface area (Å²) < 4.78 is 1.73. The predicted molar refractivity (Wildman–Crippen MR) is 120 cm³/mol. The Kier molecular flexibility index (Phi) is 5.29. The van der Waals surface area contributed by atoms with E-state index >= 15 is 0 Å². The summed E-state index contributed by atoms with van der Waals surface area (Å²) in [5, 5.41) is 23.9. The summed E-state index contributed by atoms with van der Waals surface area (Å²) in [5.74, 6) is -0.737. The van der Waals surface area contributed by atoms with Gasteiger partial charge in [0.25, 0.3) is 5.91 Å². The number of phenolic OH excluding ortho intramolecular Hbond substituents is 1. The lowest BCUT2D eigenvalue weighted by atomic mass is 10.2. The van der Waals surface area contributed by atoms with E-state index in [4.69, 9.17) is 5.73 Å². The number of rotatable bonds is 6. The zero-order valence-corrected chi connectivity index (χ0v) is 17.2. The zero-order valence-electron chi connectivity index (χ0n) is 17.2. The van der Waals surface area contributed by atoms with E-state index in [1.54, 1.807) is 16.9 Å². The van der Waals surface area contributed by atoms with Gasteiger partial charge in [0.2, 0.25) is 11.9 Å². The molecule has 162 valence electrons. The van der Waals surface area contributed by atoms with E-state index in [1.807, 2.05) is 25.2 Å². The molecule has 0 unspecified atom stereocenters. The summed E-state index contributed by atoms with van der Waals surface area (Å²) >= 11 is 0. The number of nitrogens with zero attached hydrogens (tertiary/aromatic N) is 4. The highest BCUT2D eigenvalue weighted by Gasteiger charge is 2.15. The second kappa shape index (κ2) is 8.22. The van der Waals surface area contributed by atoms with Crippen LogP contribution >= 0.6 is 0 Å². The maximum atomic E-state index is 11.9.